The molecule has 1 aromatic carbocycles. The zero-order valence-corrected chi connectivity index (χ0v) is 15.5. The summed E-state index contributed by atoms with van der Waals surface area (Å²) in [5.74, 6) is 0.273. The third-order valence-electron chi connectivity index (χ3n) is 5.81. The predicted molar refractivity (Wildman–Crippen MR) is 97.7 cm³/mol. The van der Waals surface area contributed by atoms with Crippen molar-refractivity contribution in [1.82, 2.24) is 14.7 Å². The summed E-state index contributed by atoms with van der Waals surface area (Å²) in [5.41, 5.74) is 1.04. The van der Waals surface area contributed by atoms with E-state index in [1.165, 1.54) is 12.1 Å². The lowest BCUT2D eigenvalue weighted by atomic mass is 10.1. The highest BCUT2D eigenvalue weighted by Crippen LogP contribution is 2.48. The Morgan fingerprint density at radius 1 is 0.963 bits per heavy atom. The molecule has 0 N–H and O–H groups in total. The number of hydrogen-bond acceptors (Lipinski definition) is 4. The van der Waals surface area contributed by atoms with E-state index in [1.807, 2.05) is 9.80 Å². The van der Waals surface area contributed by atoms with Crippen LogP contribution in [-0.4, -0.2) is 85.5 Å². The molecule has 146 valence electrons. The highest BCUT2D eigenvalue weighted by Gasteiger charge is 2.46. The average Bonchev–Trinajstić information content (AvgIpc) is 3.50. The fraction of sp³-hybridized carbons (Fsp3) is 0.600. The van der Waals surface area contributed by atoms with Crippen LogP contribution in [0.25, 0.3) is 0 Å². The zero-order valence-electron chi connectivity index (χ0n) is 15.5. The molecule has 0 spiro atoms. The first-order valence-electron chi connectivity index (χ1n) is 9.74. The molecule has 0 bridgehead atoms. The van der Waals surface area contributed by atoms with Crippen LogP contribution in [0.1, 0.15) is 17.9 Å². The monoisotopic (exact) mass is 375 g/mol. The maximum atomic E-state index is 13.1. The predicted octanol–water partition coefficient (Wildman–Crippen LogP) is 0.932. The van der Waals surface area contributed by atoms with Crippen molar-refractivity contribution in [3.05, 3.63) is 35.6 Å². The van der Waals surface area contributed by atoms with Crippen LogP contribution < -0.4 is 0 Å². The average molecular weight is 375 g/mol. The Morgan fingerprint density at radius 3 is 2.26 bits per heavy atom. The van der Waals surface area contributed by atoms with Crippen LogP contribution in [-0.2, 0) is 14.3 Å². The van der Waals surface area contributed by atoms with Crippen molar-refractivity contribution in [2.75, 3.05) is 59.0 Å². The van der Waals surface area contributed by atoms with Crippen molar-refractivity contribution in [2.24, 2.45) is 5.92 Å². The van der Waals surface area contributed by atoms with Gasteiger partial charge in [0, 0.05) is 45.2 Å². The highest BCUT2D eigenvalue weighted by molar-refractivity contribution is 5.84. The van der Waals surface area contributed by atoms with Gasteiger partial charge >= 0.3 is 0 Å². The van der Waals surface area contributed by atoms with Crippen LogP contribution in [0.5, 0.6) is 0 Å². The van der Waals surface area contributed by atoms with Crippen LogP contribution in [0.4, 0.5) is 4.39 Å². The molecule has 3 aliphatic rings. The van der Waals surface area contributed by atoms with Crippen molar-refractivity contribution < 1.29 is 18.7 Å². The third-order valence-corrected chi connectivity index (χ3v) is 5.81. The summed E-state index contributed by atoms with van der Waals surface area (Å²) in [4.78, 5) is 31.1. The maximum Gasteiger partial charge on any atom is 0.236 e. The molecule has 2 unspecified atom stereocenters. The summed E-state index contributed by atoms with van der Waals surface area (Å²) >= 11 is 0. The molecule has 7 heteroatoms. The van der Waals surface area contributed by atoms with E-state index in [0.29, 0.717) is 45.9 Å². The van der Waals surface area contributed by atoms with Crippen molar-refractivity contribution >= 4 is 11.8 Å². The summed E-state index contributed by atoms with van der Waals surface area (Å²) in [6, 6.07) is 6.45. The first-order chi connectivity index (χ1) is 13.1. The second-order valence-electron chi connectivity index (χ2n) is 7.59. The van der Waals surface area contributed by atoms with Crippen molar-refractivity contribution in [1.29, 1.82) is 0 Å². The van der Waals surface area contributed by atoms with Gasteiger partial charge in [-0.15, -0.1) is 0 Å². The molecule has 27 heavy (non-hydrogen) atoms. The molecular formula is C20H26FN3O3. The number of amides is 2. The number of halogens is 1. The SMILES string of the molecule is O=C(CN1CCOCC1)N1CCN(C(=O)C2CC2c2ccc(F)cc2)CC1. The minimum atomic E-state index is -0.250. The molecule has 0 radical (unpaired) electrons. The van der Waals surface area contributed by atoms with Crippen molar-refractivity contribution in [3.63, 3.8) is 0 Å². The van der Waals surface area contributed by atoms with Gasteiger partial charge < -0.3 is 14.5 Å². The Balaban J connectivity index is 1.24. The van der Waals surface area contributed by atoms with E-state index in [4.69, 9.17) is 4.74 Å². The third kappa shape index (κ3) is 4.30. The Kier molecular flexibility index (Phi) is 5.41. The second kappa shape index (κ2) is 7.94. The molecule has 1 aromatic rings. The molecule has 2 atom stereocenters. The molecule has 2 heterocycles. The van der Waals surface area contributed by atoms with Crippen molar-refractivity contribution in [2.45, 2.75) is 12.3 Å². The Hall–Kier alpha value is -1.99. The summed E-state index contributed by atoms with van der Waals surface area (Å²) in [7, 11) is 0. The molecule has 2 amide bonds. The number of carbonyl (C=O) groups excluding carboxylic acids is 2. The van der Waals surface area contributed by atoms with Crippen LogP contribution in [0, 0.1) is 11.7 Å². The van der Waals surface area contributed by atoms with E-state index < -0.39 is 0 Å². The number of rotatable bonds is 4. The van der Waals surface area contributed by atoms with E-state index in [9.17, 15) is 14.0 Å². The van der Waals surface area contributed by atoms with E-state index in [2.05, 4.69) is 4.90 Å². The van der Waals surface area contributed by atoms with E-state index in [1.54, 1.807) is 12.1 Å². The van der Waals surface area contributed by atoms with Crippen LogP contribution >= 0.6 is 0 Å². The molecule has 2 aliphatic heterocycles. The molecule has 1 aliphatic carbocycles. The standard InChI is InChI=1S/C20H26FN3O3/c21-16-3-1-15(2-4-16)17-13-18(17)20(26)24-7-5-23(6-8-24)19(25)14-22-9-11-27-12-10-22/h1-4,17-18H,5-14H2. The normalized spacial score (nSPS) is 26.1. The summed E-state index contributed by atoms with van der Waals surface area (Å²) in [5, 5.41) is 0. The molecule has 1 saturated carbocycles. The molecule has 4 rings (SSSR count). The van der Waals surface area contributed by atoms with E-state index in [-0.39, 0.29) is 29.5 Å². The number of nitrogens with zero attached hydrogens (tertiary/aromatic N) is 3. The van der Waals surface area contributed by atoms with Gasteiger partial charge in [-0.2, -0.15) is 0 Å². The minimum absolute atomic E-state index is 0.00561. The van der Waals surface area contributed by atoms with Gasteiger partial charge in [0.2, 0.25) is 11.8 Å². The molecular weight excluding hydrogens is 349 g/mol. The summed E-state index contributed by atoms with van der Waals surface area (Å²) in [6.07, 6.45) is 0.834. The van der Waals surface area contributed by atoms with Gasteiger partial charge in [0.15, 0.2) is 0 Å². The number of carbonyl (C=O) groups is 2. The Morgan fingerprint density at radius 2 is 1.59 bits per heavy atom. The summed E-state index contributed by atoms with van der Waals surface area (Å²) in [6.45, 7) is 5.81. The smallest absolute Gasteiger partial charge is 0.236 e. The number of morpholine rings is 1. The van der Waals surface area contributed by atoms with Gasteiger partial charge in [-0.1, -0.05) is 12.1 Å². The lowest BCUT2D eigenvalue weighted by Gasteiger charge is -2.36. The highest BCUT2D eigenvalue weighted by atomic mass is 19.1. The minimum Gasteiger partial charge on any atom is -0.379 e. The Bertz CT molecular complexity index is 682. The topological polar surface area (TPSA) is 53.1 Å². The van der Waals surface area contributed by atoms with Crippen molar-refractivity contribution in [3.8, 4) is 0 Å². The fourth-order valence-electron chi connectivity index (χ4n) is 4.01. The van der Waals surface area contributed by atoms with Crippen LogP contribution in [0.15, 0.2) is 24.3 Å². The second-order valence-corrected chi connectivity index (χ2v) is 7.59. The zero-order chi connectivity index (χ0) is 18.8. The summed E-state index contributed by atoms with van der Waals surface area (Å²) < 4.78 is 18.4. The molecule has 2 saturated heterocycles. The van der Waals surface area contributed by atoms with Crippen LogP contribution in [0.3, 0.4) is 0 Å². The van der Waals surface area contributed by atoms with Gasteiger partial charge in [-0.25, -0.2) is 4.39 Å². The number of benzene rings is 1. The lowest BCUT2D eigenvalue weighted by Crippen LogP contribution is -2.53. The molecule has 3 fully saturated rings. The Labute approximate surface area is 158 Å². The lowest BCUT2D eigenvalue weighted by molar-refractivity contribution is -0.141. The first kappa shape index (κ1) is 18.4. The first-order valence-corrected chi connectivity index (χ1v) is 9.74. The number of ether oxygens (including phenoxy) is 1. The van der Waals surface area contributed by atoms with E-state index >= 15 is 0 Å². The van der Waals surface area contributed by atoms with Gasteiger partial charge in [0.05, 0.1) is 19.8 Å². The van der Waals surface area contributed by atoms with Gasteiger partial charge in [0.25, 0.3) is 0 Å². The number of piperazine rings is 1. The van der Waals surface area contributed by atoms with Crippen LogP contribution in [0.2, 0.25) is 0 Å². The number of hydrogen-bond donors (Lipinski definition) is 0. The van der Waals surface area contributed by atoms with Gasteiger partial charge in [-0.05, 0) is 30.0 Å². The largest absolute Gasteiger partial charge is 0.379 e. The quantitative estimate of drug-likeness (QED) is 0.786. The molecule has 6 nitrogen and oxygen atoms in total. The maximum absolute atomic E-state index is 13.1. The van der Waals surface area contributed by atoms with Gasteiger partial charge in [-0.3, -0.25) is 14.5 Å². The molecule has 0 aromatic heterocycles. The fourth-order valence-corrected chi connectivity index (χ4v) is 4.01. The van der Waals surface area contributed by atoms with E-state index in [0.717, 1.165) is 25.1 Å². The van der Waals surface area contributed by atoms with Gasteiger partial charge in [0.1, 0.15) is 5.82 Å².